The van der Waals surface area contributed by atoms with Crippen LogP contribution in [-0.2, 0) is 5.54 Å². The van der Waals surface area contributed by atoms with Gasteiger partial charge in [-0.05, 0) is 69.4 Å². The normalized spacial score (nSPS) is 21.7. The number of para-hydroxylation sites is 1. The second kappa shape index (κ2) is 7.42. The predicted octanol–water partition coefficient (Wildman–Crippen LogP) is 6.95. The molecule has 0 radical (unpaired) electrons. The van der Waals surface area contributed by atoms with Crippen molar-refractivity contribution in [3.8, 4) is 0 Å². The van der Waals surface area contributed by atoms with E-state index in [4.69, 9.17) is 9.98 Å². The van der Waals surface area contributed by atoms with Crippen molar-refractivity contribution in [3.05, 3.63) is 138 Å². The number of fused-ring (bicyclic) bond motifs is 7. The Hall–Kier alpha value is -4.76. The van der Waals surface area contributed by atoms with Crippen LogP contribution in [0.4, 0.5) is 0 Å². The molecule has 3 heterocycles. The van der Waals surface area contributed by atoms with Gasteiger partial charge in [-0.2, -0.15) is 0 Å². The Morgan fingerprint density at radius 1 is 0.641 bits per heavy atom. The number of rotatable bonds is 2. The van der Waals surface area contributed by atoms with Crippen molar-refractivity contribution in [1.29, 1.82) is 0 Å². The summed E-state index contributed by atoms with van der Waals surface area (Å²) in [7, 11) is 0. The lowest BCUT2D eigenvalue weighted by molar-refractivity contribution is 0.623. The summed E-state index contributed by atoms with van der Waals surface area (Å²) in [4.78, 5) is 10.5. The van der Waals surface area contributed by atoms with Crippen LogP contribution >= 0.6 is 0 Å². The zero-order valence-corrected chi connectivity index (χ0v) is 21.5. The molecule has 0 spiro atoms. The van der Waals surface area contributed by atoms with Crippen molar-refractivity contribution in [3.63, 3.8) is 0 Å². The molecule has 1 fully saturated rings. The molecule has 1 saturated carbocycles. The summed E-state index contributed by atoms with van der Waals surface area (Å²) < 4.78 is 2.50. The van der Waals surface area contributed by atoms with E-state index in [9.17, 15) is 0 Å². The van der Waals surface area contributed by atoms with Crippen molar-refractivity contribution in [2.45, 2.75) is 12.5 Å². The van der Waals surface area contributed by atoms with E-state index in [2.05, 4.69) is 121 Å². The molecule has 2 aliphatic rings. The highest BCUT2D eigenvalue weighted by Crippen LogP contribution is 2.65. The zero-order valence-electron chi connectivity index (χ0n) is 21.5. The van der Waals surface area contributed by atoms with E-state index in [1.807, 2.05) is 12.3 Å². The molecule has 0 N–H and O–H groups in total. The number of aromatic nitrogens is 2. The van der Waals surface area contributed by atoms with Crippen molar-refractivity contribution in [2.24, 2.45) is 16.8 Å². The Bertz CT molecular complexity index is 2280. The molecule has 184 valence electrons. The molecule has 0 amide bonds. The first-order valence-corrected chi connectivity index (χ1v) is 13.7. The molecule has 0 bridgehead atoms. The molecule has 2 unspecified atom stereocenters. The summed E-state index contributed by atoms with van der Waals surface area (Å²) in [5.41, 5.74) is 4.71. The fourth-order valence-electron chi connectivity index (χ4n) is 7.30. The molecule has 39 heavy (non-hydrogen) atoms. The SMILES string of the molecule is CC1C2C(n3c4ccccc4c4cc5ccccc5cc43)=c3ncccc3=N[C@@]12c1ccc2ccccc2c1. The van der Waals surface area contributed by atoms with Crippen LogP contribution in [0.3, 0.4) is 0 Å². The molecule has 2 aromatic heterocycles. The zero-order chi connectivity index (χ0) is 25.7. The van der Waals surface area contributed by atoms with E-state index < -0.39 is 0 Å². The van der Waals surface area contributed by atoms with E-state index in [-0.39, 0.29) is 11.5 Å². The maximum absolute atomic E-state index is 5.48. The van der Waals surface area contributed by atoms with Crippen LogP contribution in [0.25, 0.3) is 49.0 Å². The first-order valence-electron chi connectivity index (χ1n) is 13.7. The average molecular weight is 500 g/mol. The maximum atomic E-state index is 5.48. The van der Waals surface area contributed by atoms with Crippen LogP contribution < -0.4 is 10.7 Å². The highest BCUT2D eigenvalue weighted by Gasteiger charge is 2.66. The van der Waals surface area contributed by atoms with Gasteiger partial charge in [0, 0.05) is 22.9 Å². The summed E-state index contributed by atoms with van der Waals surface area (Å²) in [6, 6.07) is 41.8. The smallest absolute Gasteiger partial charge is 0.108 e. The third kappa shape index (κ3) is 2.72. The van der Waals surface area contributed by atoms with E-state index in [1.165, 1.54) is 54.6 Å². The van der Waals surface area contributed by atoms with Gasteiger partial charge in [-0.25, -0.2) is 0 Å². The monoisotopic (exact) mass is 499 g/mol. The molecular weight excluding hydrogens is 474 g/mol. The largest absolute Gasteiger partial charge is 0.310 e. The Balaban J connectivity index is 1.40. The summed E-state index contributed by atoms with van der Waals surface area (Å²) in [6.07, 6.45) is 1.91. The Morgan fingerprint density at radius 2 is 1.36 bits per heavy atom. The molecule has 3 nitrogen and oxygen atoms in total. The Morgan fingerprint density at radius 3 is 2.21 bits per heavy atom. The second-order valence-corrected chi connectivity index (χ2v) is 11.1. The van der Waals surface area contributed by atoms with E-state index >= 15 is 0 Å². The summed E-state index contributed by atoms with van der Waals surface area (Å²) >= 11 is 0. The van der Waals surface area contributed by atoms with Crippen LogP contribution in [0.2, 0.25) is 0 Å². The first-order chi connectivity index (χ1) is 19.2. The molecule has 7 aromatic rings. The maximum Gasteiger partial charge on any atom is 0.108 e. The summed E-state index contributed by atoms with van der Waals surface area (Å²) in [5, 5.41) is 9.57. The van der Waals surface area contributed by atoms with Gasteiger partial charge in [0.1, 0.15) is 5.35 Å². The van der Waals surface area contributed by atoms with E-state index in [0.29, 0.717) is 5.92 Å². The van der Waals surface area contributed by atoms with Gasteiger partial charge in [-0.15, -0.1) is 0 Å². The minimum Gasteiger partial charge on any atom is -0.310 e. The van der Waals surface area contributed by atoms with Crippen molar-refractivity contribution >= 4 is 49.0 Å². The second-order valence-electron chi connectivity index (χ2n) is 11.1. The Kier molecular flexibility index (Phi) is 4.03. The van der Waals surface area contributed by atoms with Gasteiger partial charge in [0.2, 0.25) is 0 Å². The fourth-order valence-corrected chi connectivity index (χ4v) is 7.30. The number of pyridine rings is 1. The lowest BCUT2D eigenvalue weighted by atomic mass is 9.96. The van der Waals surface area contributed by atoms with Crippen molar-refractivity contribution in [1.82, 2.24) is 9.55 Å². The van der Waals surface area contributed by atoms with Gasteiger partial charge >= 0.3 is 0 Å². The summed E-state index contributed by atoms with van der Waals surface area (Å²) in [5.74, 6) is 0.575. The molecule has 3 heteroatoms. The lowest BCUT2D eigenvalue weighted by Gasteiger charge is -2.21. The third-order valence-electron chi connectivity index (χ3n) is 9.18. The van der Waals surface area contributed by atoms with Gasteiger partial charge in [-0.1, -0.05) is 85.8 Å². The minimum absolute atomic E-state index is 0.228. The van der Waals surface area contributed by atoms with Crippen LogP contribution in [-0.4, -0.2) is 9.55 Å². The van der Waals surface area contributed by atoms with E-state index in [1.54, 1.807) is 0 Å². The number of benzene rings is 5. The quantitative estimate of drug-likeness (QED) is 0.253. The average Bonchev–Trinajstić information content (AvgIpc) is 3.47. The third-order valence-corrected chi connectivity index (χ3v) is 9.18. The van der Waals surface area contributed by atoms with Crippen LogP contribution in [0.15, 0.2) is 126 Å². The molecule has 1 aliphatic heterocycles. The van der Waals surface area contributed by atoms with Gasteiger partial charge in [0.25, 0.3) is 0 Å². The molecule has 1 aliphatic carbocycles. The first kappa shape index (κ1) is 21.2. The standard InChI is InChI=1S/C36H25N3/c1-22-33-35(39-31-15-7-6-13-28(31)29-20-25-11-4-5-12-26(25)21-32(29)39)34-30(14-8-18-37-34)38-36(22,33)27-17-16-23-9-2-3-10-24(23)19-27/h2-22,33H,1H3/t22?,33?,36-/m1/s1. The van der Waals surface area contributed by atoms with Crippen LogP contribution in [0.1, 0.15) is 12.5 Å². The molecule has 0 saturated heterocycles. The van der Waals surface area contributed by atoms with Crippen LogP contribution in [0, 0.1) is 11.8 Å². The summed E-state index contributed by atoms with van der Waals surface area (Å²) in [6.45, 7) is 2.36. The highest BCUT2D eigenvalue weighted by atomic mass is 15.1. The van der Waals surface area contributed by atoms with Crippen molar-refractivity contribution in [2.75, 3.05) is 0 Å². The van der Waals surface area contributed by atoms with Gasteiger partial charge in [0.05, 0.1) is 27.6 Å². The fraction of sp³-hybridized carbons (Fsp3) is 0.111. The Labute approximate surface area is 225 Å². The van der Waals surface area contributed by atoms with Crippen molar-refractivity contribution < 1.29 is 0 Å². The van der Waals surface area contributed by atoms with Gasteiger partial charge in [-0.3, -0.25) is 9.98 Å². The van der Waals surface area contributed by atoms with Crippen LogP contribution in [0.5, 0.6) is 0 Å². The molecule has 5 aromatic carbocycles. The number of hydrogen-bond donors (Lipinski definition) is 0. The molecule has 9 rings (SSSR count). The highest BCUT2D eigenvalue weighted by molar-refractivity contribution is 6.14. The number of nitrogens with zero attached hydrogens (tertiary/aromatic N) is 3. The lowest BCUT2D eigenvalue weighted by Crippen LogP contribution is -2.38. The molecule has 3 atom stereocenters. The van der Waals surface area contributed by atoms with Gasteiger partial charge < -0.3 is 4.57 Å². The topological polar surface area (TPSA) is 30.2 Å². The van der Waals surface area contributed by atoms with E-state index in [0.717, 1.165) is 10.7 Å². The predicted molar refractivity (Wildman–Crippen MR) is 159 cm³/mol. The van der Waals surface area contributed by atoms with Gasteiger partial charge in [0.15, 0.2) is 0 Å². The molecular formula is C36H25N3. The number of hydrogen-bond acceptors (Lipinski definition) is 2. The minimum atomic E-state index is -0.302.